The van der Waals surface area contributed by atoms with Crippen LogP contribution >= 0.6 is 23.2 Å². The maximum absolute atomic E-state index is 13.8. The summed E-state index contributed by atoms with van der Waals surface area (Å²) in [6.07, 6.45) is 0.378. The monoisotopic (exact) mass is 411 g/mol. The number of carbonyl (C=O) groups is 2. The standard InChI is InChI=1S/C20H20Cl2FNO3/c1-12(2)10-18(24-19(25)13-6-8-14(21)9-7-13)20(26)27-11-15-16(22)4-3-5-17(15)23/h3-9,12,18H,10-11H2,1-2H3,(H,24,25)/t18-/m0/s1. The molecule has 0 aromatic heterocycles. The van der Waals surface area contributed by atoms with Crippen LogP contribution in [0, 0.1) is 11.7 Å². The zero-order valence-corrected chi connectivity index (χ0v) is 16.5. The molecule has 0 fully saturated rings. The van der Waals surface area contributed by atoms with Crippen LogP contribution < -0.4 is 5.32 Å². The summed E-state index contributed by atoms with van der Waals surface area (Å²) in [7, 11) is 0. The molecule has 2 rings (SSSR count). The van der Waals surface area contributed by atoms with Gasteiger partial charge in [0, 0.05) is 16.1 Å². The zero-order chi connectivity index (χ0) is 20.0. The van der Waals surface area contributed by atoms with Crippen LogP contribution in [0.4, 0.5) is 4.39 Å². The van der Waals surface area contributed by atoms with Crippen molar-refractivity contribution in [2.45, 2.75) is 32.9 Å². The Labute approximate surface area is 167 Å². The molecule has 1 amide bonds. The topological polar surface area (TPSA) is 55.4 Å². The SMILES string of the molecule is CC(C)C[C@H](NC(=O)c1ccc(Cl)cc1)C(=O)OCc1c(F)cccc1Cl. The molecule has 0 spiro atoms. The van der Waals surface area contributed by atoms with E-state index in [1.54, 1.807) is 24.3 Å². The fourth-order valence-corrected chi connectivity index (χ4v) is 2.79. The summed E-state index contributed by atoms with van der Waals surface area (Å²) in [5, 5.41) is 3.35. The largest absolute Gasteiger partial charge is 0.459 e. The molecule has 1 atom stereocenters. The molecule has 2 aromatic carbocycles. The Morgan fingerprint density at radius 2 is 1.78 bits per heavy atom. The Bertz CT molecular complexity index is 789. The van der Waals surface area contributed by atoms with Crippen LogP contribution in [0.5, 0.6) is 0 Å². The van der Waals surface area contributed by atoms with Gasteiger partial charge in [0.05, 0.1) is 5.02 Å². The lowest BCUT2D eigenvalue weighted by molar-refractivity contribution is -0.147. The number of hydrogen-bond donors (Lipinski definition) is 1. The summed E-state index contributed by atoms with van der Waals surface area (Å²) in [4.78, 5) is 24.9. The van der Waals surface area contributed by atoms with Gasteiger partial charge in [0.1, 0.15) is 18.5 Å². The van der Waals surface area contributed by atoms with Gasteiger partial charge in [0.15, 0.2) is 0 Å². The number of carbonyl (C=O) groups excluding carboxylic acids is 2. The Kier molecular flexibility index (Phi) is 7.63. The Hall–Kier alpha value is -2.11. The lowest BCUT2D eigenvalue weighted by Gasteiger charge is -2.20. The molecule has 2 aromatic rings. The lowest BCUT2D eigenvalue weighted by atomic mass is 10.0. The lowest BCUT2D eigenvalue weighted by Crippen LogP contribution is -2.42. The zero-order valence-electron chi connectivity index (χ0n) is 15.0. The van der Waals surface area contributed by atoms with Gasteiger partial charge in [-0.25, -0.2) is 9.18 Å². The van der Waals surface area contributed by atoms with E-state index in [1.165, 1.54) is 18.2 Å². The number of ether oxygens (including phenoxy) is 1. The number of rotatable bonds is 7. The van der Waals surface area contributed by atoms with E-state index in [0.29, 0.717) is 17.0 Å². The third kappa shape index (κ3) is 6.22. The quantitative estimate of drug-likeness (QED) is 0.650. The van der Waals surface area contributed by atoms with E-state index < -0.39 is 23.7 Å². The van der Waals surface area contributed by atoms with Crippen molar-refractivity contribution in [3.8, 4) is 0 Å². The van der Waals surface area contributed by atoms with Gasteiger partial charge in [0.2, 0.25) is 0 Å². The van der Waals surface area contributed by atoms with Gasteiger partial charge in [-0.15, -0.1) is 0 Å². The predicted molar refractivity (Wildman–Crippen MR) is 103 cm³/mol. The first-order chi connectivity index (χ1) is 12.8. The van der Waals surface area contributed by atoms with Crippen molar-refractivity contribution < 1.29 is 18.7 Å². The average Bonchev–Trinajstić information content (AvgIpc) is 2.60. The molecule has 0 radical (unpaired) electrons. The Morgan fingerprint density at radius 3 is 2.37 bits per heavy atom. The third-order valence-corrected chi connectivity index (χ3v) is 4.43. The number of benzene rings is 2. The molecule has 27 heavy (non-hydrogen) atoms. The first-order valence-electron chi connectivity index (χ1n) is 8.44. The highest BCUT2D eigenvalue weighted by Crippen LogP contribution is 2.20. The van der Waals surface area contributed by atoms with E-state index in [2.05, 4.69) is 5.32 Å². The molecule has 0 aliphatic heterocycles. The highest BCUT2D eigenvalue weighted by molar-refractivity contribution is 6.31. The smallest absolute Gasteiger partial charge is 0.328 e. The second kappa shape index (κ2) is 9.72. The van der Waals surface area contributed by atoms with Gasteiger partial charge in [-0.2, -0.15) is 0 Å². The normalized spacial score (nSPS) is 11.9. The van der Waals surface area contributed by atoms with Gasteiger partial charge in [-0.1, -0.05) is 43.1 Å². The average molecular weight is 412 g/mol. The van der Waals surface area contributed by atoms with Gasteiger partial charge in [-0.05, 0) is 48.7 Å². The van der Waals surface area contributed by atoms with E-state index in [0.717, 1.165) is 0 Å². The van der Waals surface area contributed by atoms with E-state index in [1.807, 2.05) is 13.8 Å². The second-order valence-corrected chi connectivity index (χ2v) is 7.31. The third-order valence-electron chi connectivity index (χ3n) is 3.82. The predicted octanol–water partition coefficient (Wildman–Crippen LogP) is 5.02. The number of esters is 1. The van der Waals surface area contributed by atoms with Crippen LogP contribution in [0.3, 0.4) is 0 Å². The second-order valence-electron chi connectivity index (χ2n) is 6.47. The summed E-state index contributed by atoms with van der Waals surface area (Å²) < 4.78 is 19.0. The van der Waals surface area contributed by atoms with Crippen LogP contribution in [0.25, 0.3) is 0 Å². The van der Waals surface area contributed by atoms with Crippen molar-refractivity contribution in [3.63, 3.8) is 0 Å². The van der Waals surface area contributed by atoms with E-state index >= 15 is 0 Å². The molecule has 4 nitrogen and oxygen atoms in total. The Morgan fingerprint density at radius 1 is 1.11 bits per heavy atom. The van der Waals surface area contributed by atoms with Crippen molar-refractivity contribution in [1.82, 2.24) is 5.32 Å². The molecule has 1 N–H and O–H groups in total. The number of amides is 1. The minimum Gasteiger partial charge on any atom is -0.459 e. The van der Waals surface area contributed by atoms with E-state index in [-0.39, 0.29) is 23.1 Å². The molecular formula is C20H20Cl2FNO3. The van der Waals surface area contributed by atoms with Crippen LogP contribution in [0.2, 0.25) is 10.0 Å². The highest BCUT2D eigenvalue weighted by Gasteiger charge is 2.24. The van der Waals surface area contributed by atoms with Gasteiger partial charge >= 0.3 is 5.97 Å². The highest BCUT2D eigenvalue weighted by atomic mass is 35.5. The summed E-state index contributed by atoms with van der Waals surface area (Å²) in [5.74, 6) is -1.49. The first-order valence-corrected chi connectivity index (χ1v) is 9.19. The minimum absolute atomic E-state index is 0.0971. The maximum atomic E-state index is 13.8. The minimum atomic E-state index is -0.862. The van der Waals surface area contributed by atoms with Crippen molar-refractivity contribution in [2.75, 3.05) is 0 Å². The van der Waals surface area contributed by atoms with Gasteiger partial charge in [0.25, 0.3) is 5.91 Å². The van der Waals surface area contributed by atoms with Crippen LogP contribution in [0.1, 0.15) is 36.2 Å². The number of hydrogen-bond acceptors (Lipinski definition) is 3. The van der Waals surface area contributed by atoms with Crippen molar-refractivity contribution >= 4 is 35.1 Å². The molecule has 7 heteroatoms. The maximum Gasteiger partial charge on any atom is 0.328 e. The van der Waals surface area contributed by atoms with Crippen LogP contribution in [-0.4, -0.2) is 17.9 Å². The molecular weight excluding hydrogens is 392 g/mol. The van der Waals surface area contributed by atoms with Crippen molar-refractivity contribution in [2.24, 2.45) is 5.92 Å². The molecule has 144 valence electrons. The molecule has 0 saturated heterocycles. The number of nitrogens with one attached hydrogen (secondary N) is 1. The van der Waals surface area contributed by atoms with Gasteiger partial charge in [-0.3, -0.25) is 4.79 Å². The molecule has 0 aliphatic carbocycles. The summed E-state index contributed by atoms with van der Waals surface area (Å²) in [6, 6.07) is 9.67. The van der Waals surface area contributed by atoms with Crippen LogP contribution in [-0.2, 0) is 16.1 Å². The van der Waals surface area contributed by atoms with Crippen molar-refractivity contribution in [1.29, 1.82) is 0 Å². The van der Waals surface area contributed by atoms with Crippen LogP contribution in [0.15, 0.2) is 42.5 Å². The summed E-state index contributed by atoms with van der Waals surface area (Å²) in [5.41, 5.74) is 0.470. The fraction of sp³-hybridized carbons (Fsp3) is 0.300. The van der Waals surface area contributed by atoms with E-state index in [4.69, 9.17) is 27.9 Å². The molecule has 0 heterocycles. The molecule has 0 aliphatic rings. The Balaban J connectivity index is 2.07. The molecule has 0 bridgehead atoms. The summed E-state index contributed by atoms with van der Waals surface area (Å²) >= 11 is 11.8. The number of halogens is 3. The van der Waals surface area contributed by atoms with Gasteiger partial charge < -0.3 is 10.1 Å². The molecule has 0 saturated carbocycles. The van der Waals surface area contributed by atoms with Crippen molar-refractivity contribution in [3.05, 3.63) is 69.5 Å². The summed E-state index contributed by atoms with van der Waals surface area (Å²) in [6.45, 7) is 3.53. The first kappa shape index (κ1) is 21.2. The molecule has 0 unspecified atom stereocenters. The van der Waals surface area contributed by atoms with E-state index in [9.17, 15) is 14.0 Å². The fourth-order valence-electron chi connectivity index (χ4n) is 2.44.